The molecule has 32 heavy (non-hydrogen) atoms. The topological polar surface area (TPSA) is 64.0 Å². The fraction of sp³-hybridized carbons (Fsp3) is 0.0455. The SMILES string of the molecule is O=C(CSc1nc2ccccc2c(=O)n1-c1ccc(F)cc1F)Nc1ccc(Cl)cc1Cl. The molecule has 1 aromatic heterocycles. The molecule has 0 radical (unpaired) electrons. The van der Waals surface area contributed by atoms with E-state index in [4.69, 9.17) is 23.2 Å². The number of anilines is 1. The van der Waals surface area contributed by atoms with Gasteiger partial charge in [-0.1, -0.05) is 47.1 Å². The van der Waals surface area contributed by atoms with Gasteiger partial charge >= 0.3 is 0 Å². The number of hydrogen-bond acceptors (Lipinski definition) is 4. The van der Waals surface area contributed by atoms with Crippen LogP contribution in [0.5, 0.6) is 0 Å². The van der Waals surface area contributed by atoms with Crippen molar-refractivity contribution in [2.75, 3.05) is 11.1 Å². The van der Waals surface area contributed by atoms with Crippen molar-refractivity contribution in [3.63, 3.8) is 0 Å². The summed E-state index contributed by atoms with van der Waals surface area (Å²) in [5.41, 5.74) is 0.0538. The third-order valence-corrected chi connectivity index (χ3v) is 5.92. The minimum Gasteiger partial charge on any atom is -0.324 e. The standard InChI is InChI=1S/C22H13Cl2F2N3O2S/c23-12-5-7-18(15(24)9-12)27-20(30)11-32-22-28-17-4-2-1-3-14(17)21(31)29(22)19-8-6-13(25)10-16(19)26/h1-10H,11H2,(H,27,30). The van der Waals surface area contributed by atoms with Gasteiger partial charge in [-0.2, -0.15) is 0 Å². The third-order valence-electron chi connectivity index (χ3n) is 4.43. The summed E-state index contributed by atoms with van der Waals surface area (Å²) in [6, 6.07) is 14.1. The van der Waals surface area contributed by atoms with Crippen molar-refractivity contribution < 1.29 is 13.6 Å². The highest BCUT2D eigenvalue weighted by atomic mass is 35.5. The Hall–Kier alpha value is -2.94. The summed E-state index contributed by atoms with van der Waals surface area (Å²) in [4.78, 5) is 30.0. The second-order valence-corrected chi connectivity index (χ2v) is 8.39. The van der Waals surface area contributed by atoms with Gasteiger partial charge in [0.1, 0.15) is 11.6 Å². The molecular formula is C22H13Cl2F2N3O2S. The van der Waals surface area contributed by atoms with Crippen LogP contribution in [-0.2, 0) is 4.79 Å². The number of amides is 1. The molecule has 162 valence electrons. The van der Waals surface area contributed by atoms with E-state index in [0.29, 0.717) is 22.3 Å². The molecule has 4 rings (SSSR count). The lowest BCUT2D eigenvalue weighted by Gasteiger charge is -2.14. The fourth-order valence-corrected chi connectivity index (χ4v) is 4.25. The largest absolute Gasteiger partial charge is 0.324 e. The number of thioether (sulfide) groups is 1. The number of nitrogens with zero attached hydrogens (tertiary/aromatic N) is 2. The first-order valence-corrected chi connectivity index (χ1v) is 10.9. The molecule has 0 saturated heterocycles. The average molecular weight is 492 g/mol. The maximum absolute atomic E-state index is 14.5. The van der Waals surface area contributed by atoms with E-state index in [-0.39, 0.29) is 27.0 Å². The van der Waals surface area contributed by atoms with Crippen molar-refractivity contribution in [1.29, 1.82) is 0 Å². The van der Waals surface area contributed by atoms with Crippen LogP contribution in [0.25, 0.3) is 16.6 Å². The molecule has 0 fully saturated rings. The van der Waals surface area contributed by atoms with E-state index in [9.17, 15) is 18.4 Å². The van der Waals surface area contributed by atoms with E-state index in [1.807, 2.05) is 0 Å². The molecule has 0 atom stereocenters. The molecule has 10 heteroatoms. The first kappa shape index (κ1) is 22.3. The molecule has 0 saturated carbocycles. The van der Waals surface area contributed by atoms with Gasteiger partial charge in [0.25, 0.3) is 5.56 Å². The quantitative estimate of drug-likeness (QED) is 0.287. The molecule has 0 spiro atoms. The lowest BCUT2D eigenvalue weighted by molar-refractivity contribution is -0.113. The number of para-hydroxylation sites is 1. The van der Waals surface area contributed by atoms with E-state index in [0.717, 1.165) is 28.5 Å². The summed E-state index contributed by atoms with van der Waals surface area (Å²) < 4.78 is 29.0. The van der Waals surface area contributed by atoms with E-state index >= 15 is 0 Å². The van der Waals surface area contributed by atoms with Crippen LogP contribution in [0.15, 0.2) is 70.6 Å². The number of rotatable bonds is 5. The van der Waals surface area contributed by atoms with Crippen LogP contribution in [0.4, 0.5) is 14.5 Å². The second kappa shape index (κ2) is 9.28. The maximum Gasteiger partial charge on any atom is 0.266 e. The van der Waals surface area contributed by atoms with Gasteiger partial charge < -0.3 is 5.32 Å². The van der Waals surface area contributed by atoms with Gasteiger partial charge in [-0.25, -0.2) is 13.8 Å². The van der Waals surface area contributed by atoms with E-state index in [2.05, 4.69) is 10.3 Å². The summed E-state index contributed by atoms with van der Waals surface area (Å²) in [5, 5.41) is 3.68. The number of aromatic nitrogens is 2. The third kappa shape index (κ3) is 4.62. The van der Waals surface area contributed by atoms with E-state index in [1.165, 1.54) is 6.07 Å². The van der Waals surface area contributed by atoms with Gasteiger partial charge in [0.2, 0.25) is 5.91 Å². The summed E-state index contributed by atoms with van der Waals surface area (Å²) in [7, 11) is 0. The number of nitrogens with one attached hydrogen (secondary N) is 1. The second-order valence-electron chi connectivity index (χ2n) is 6.61. The molecule has 0 unspecified atom stereocenters. The Morgan fingerprint density at radius 2 is 1.84 bits per heavy atom. The molecular weight excluding hydrogens is 479 g/mol. The number of fused-ring (bicyclic) bond motifs is 1. The number of carbonyl (C=O) groups is 1. The molecule has 1 N–H and O–H groups in total. The van der Waals surface area contributed by atoms with Crippen molar-refractivity contribution in [2.24, 2.45) is 0 Å². The summed E-state index contributed by atoms with van der Waals surface area (Å²) in [6.45, 7) is 0. The number of halogens is 4. The minimum atomic E-state index is -0.927. The predicted molar refractivity (Wildman–Crippen MR) is 123 cm³/mol. The van der Waals surface area contributed by atoms with Crippen molar-refractivity contribution in [2.45, 2.75) is 5.16 Å². The molecule has 0 aliphatic carbocycles. The van der Waals surface area contributed by atoms with Crippen molar-refractivity contribution in [3.8, 4) is 5.69 Å². The Morgan fingerprint density at radius 3 is 2.59 bits per heavy atom. The molecule has 1 amide bonds. The molecule has 0 bridgehead atoms. The molecule has 5 nitrogen and oxygen atoms in total. The molecule has 1 heterocycles. The number of carbonyl (C=O) groups excluding carboxylic acids is 1. The summed E-state index contributed by atoms with van der Waals surface area (Å²) in [6.07, 6.45) is 0. The molecule has 0 aliphatic heterocycles. The minimum absolute atomic E-state index is 0.0801. The highest BCUT2D eigenvalue weighted by Gasteiger charge is 2.18. The Morgan fingerprint density at radius 1 is 1.06 bits per heavy atom. The van der Waals surface area contributed by atoms with Crippen molar-refractivity contribution in [1.82, 2.24) is 9.55 Å². The van der Waals surface area contributed by atoms with Gasteiger partial charge in [0, 0.05) is 11.1 Å². The predicted octanol–water partition coefficient (Wildman–Crippen LogP) is 5.70. The summed E-state index contributed by atoms with van der Waals surface area (Å²) in [5.74, 6) is -2.27. The first-order valence-electron chi connectivity index (χ1n) is 9.18. The maximum atomic E-state index is 14.5. The zero-order valence-corrected chi connectivity index (χ0v) is 18.4. The molecule has 4 aromatic rings. The monoisotopic (exact) mass is 491 g/mol. The number of benzene rings is 3. The van der Waals surface area contributed by atoms with Crippen LogP contribution < -0.4 is 10.9 Å². The van der Waals surface area contributed by atoms with Crippen LogP contribution in [0, 0.1) is 11.6 Å². The number of hydrogen-bond donors (Lipinski definition) is 1. The van der Waals surface area contributed by atoms with Crippen LogP contribution in [0.3, 0.4) is 0 Å². The average Bonchev–Trinajstić information content (AvgIpc) is 2.75. The van der Waals surface area contributed by atoms with Gasteiger partial charge in [-0.05, 0) is 42.5 Å². The Balaban J connectivity index is 1.69. The molecule has 0 aliphatic rings. The van der Waals surface area contributed by atoms with Gasteiger partial charge in [0.05, 0.1) is 33.1 Å². The Bertz CT molecular complexity index is 1410. The van der Waals surface area contributed by atoms with Crippen LogP contribution in [0.1, 0.15) is 0 Å². The highest BCUT2D eigenvalue weighted by molar-refractivity contribution is 7.99. The van der Waals surface area contributed by atoms with Crippen LogP contribution in [0.2, 0.25) is 10.0 Å². The van der Waals surface area contributed by atoms with Crippen molar-refractivity contribution >= 4 is 57.5 Å². The Kier molecular flexibility index (Phi) is 6.45. The van der Waals surface area contributed by atoms with E-state index in [1.54, 1.807) is 36.4 Å². The van der Waals surface area contributed by atoms with Crippen LogP contribution >= 0.6 is 35.0 Å². The lowest BCUT2D eigenvalue weighted by atomic mass is 10.2. The summed E-state index contributed by atoms with van der Waals surface area (Å²) >= 11 is 12.9. The fourth-order valence-electron chi connectivity index (χ4n) is 2.99. The normalized spacial score (nSPS) is 11.0. The van der Waals surface area contributed by atoms with E-state index < -0.39 is 23.1 Å². The Labute approximate surface area is 195 Å². The zero-order chi connectivity index (χ0) is 22.8. The lowest BCUT2D eigenvalue weighted by Crippen LogP contribution is -2.23. The zero-order valence-electron chi connectivity index (χ0n) is 16.1. The first-order chi connectivity index (χ1) is 15.3. The molecule has 3 aromatic carbocycles. The van der Waals surface area contributed by atoms with Gasteiger partial charge in [-0.3, -0.25) is 14.2 Å². The van der Waals surface area contributed by atoms with Crippen LogP contribution in [-0.4, -0.2) is 21.2 Å². The van der Waals surface area contributed by atoms with Gasteiger partial charge in [0.15, 0.2) is 5.16 Å². The highest BCUT2D eigenvalue weighted by Crippen LogP contribution is 2.27. The van der Waals surface area contributed by atoms with Gasteiger partial charge in [-0.15, -0.1) is 0 Å². The van der Waals surface area contributed by atoms with Crippen molar-refractivity contribution in [3.05, 3.63) is 92.7 Å². The smallest absolute Gasteiger partial charge is 0.266 e.